The number of carboxylic acids is 1. The average molecular weight is 251 g/mol. The average Bonchev–Trinajstić information content (AvgIpc) is 2.27. The zero-order valence-corrected chi connectivity index (χ0v) is 10.5. The molecule has 2 rings (SSSR count). The van der Waals surface area contributed by atoms with Gasteiger partial charge in [-0.15, -0.1) is 0 Å². The SMILES string of the molecule is CC1(C)CN(c2cc(C(=O)O)c(N)cn2)CCO1. The van der Waals surface area contributed by atoms with Crippen molar-refractivity contribution >= 4 is 17.5 Å². The van der Waals surface area contributed by atoms with Crippen molar-refractivity contribution in [2.45, 2.75) is 19.4 Å². The number of carboxylic acid groups (broad SMARTS) is 1. The maximum absolute atomic E-state index is 11.0. The van der Waals surface area contributed by atoms with Crippen LogP contribution in [0.2, 0.25) is 0 Å². The van der Waals surface area contributed by atoms with Crippen molar-refractivity contribution in [2.24, 2.45) is 0 Å². The molecule has 0 radical (unpaired) electrons. The molecule has 3 N–H and O–H groups in total. The first kappa shape index (κ1) is 12.6. The van der Waals surface area contributed by atoms with Crippen LogP contribution >= 0.6 is 0 Å². The van der Waals surface area contributed by atoms with E-state index in [1.165, 1.54) is 12.3 Å². The Morgan fingerprint density at radius 1 is 1.61 bits per heavy atom. The Kier molecular flexibility index (Phi) is 3.13. The number of nitrogen functional groups attached to an aromatic ring is 1. The normalized spacial score (nSPS) is 18.7. The molecule has 6 heteroatoms. The van der Waals surface area contributed by atoms with Crippen LogP contribution in [0.3, 0.4) is 0 Å². The lowest BCUT2D eigenvalue weighted by Gasteiger charge is -2.38. The molecule has 0 aliphatic carbocycles. The minimum absolute atomic E-state index is 0.0873. The fraction of sp³-hybridized carbons (Fsp3) is 0.500. The predicted octanol–water partition coefficient (Wildman–Crippen LogP) is 0.977. The molecule has 0 saturated carbocycles. The fourth-order valence-electron chi connectivity index (χ4n) is 2.03. The summed E-state index contributed by atoms with van der Waals surface area (Å²) in [6.07, 6.45) is 1.39. The molecule has 98 valence electrons. The van der Waals surface area contributed by atoms with E-state index in [1.54, 1.807) is 0 Å². The Bertz CT molecular complexity index is 474. The number of aromatic carboxylic acids is 1. The monoisotopic (exact) mass is 251 g/mol. The van der Waals surface area contributed by atoms with Crippen LogP contribution in [0.4, 0.5) is 11.5 Å². The number of aromatic nitrogens is 1. The first-order chi connectivity index (χ1) is 8.39. The van der Waals surface area contributed by atoms with Gasteiger partial charge in [-0.3, -0.25) is 0 Å². The lowest BCUT2D eigenvalue weighted by Crippen LogP contribution is -2.48. The number of nitrogens with two attached hydrogens (primary N) is 1. The Morgan fingerprint density at radius 3 is 2.94 bits per heavy atom. The number of nitrogens with zero attached hydrogens (tertiary/aromatic N) is 2. The highest BCUT2D eigenvalue weighted by Gasteiger charge is 2.28. The zero-order chi connectivity index (χ0) is 13.3. The van der Waals surface area contributed by atoms with E-state index < -0.39 is 5.97 Å². The van der Waals surface area contributed by atoms with Gasteiger partial charge in [-0.2, -0.15) is 0 Å². The molecule has 1 aliphatic rings. The summed E-state index contributed by atoms with van der Waals surface area (Å²) in [4.78, 5) is 17.2. The van der Waals surface area contributed by atoms with E-state index in [9.17, 15) is 4.79 Å². The third-order valence-corrected chi connectivity index (χ3v) is 2.90. The van der Waals surface area contributed by atoms with Crippen LogP contribution in [-0.2, 0) is 4.74 Å². The number of rotatable bonds is 2. The number of anilines is 2. The van der Waals surface area contributed by atoms with Crippen molar-refractivity contribution in [3.63, 3.8) is 0 Å². The van der Waals surface area contributed by atoms with Crippen molar-refractivity contribution in [1.29, 1.82) is 0 Å². The van der Waals surface area contributed by atoms with Gasteiger partial charge in [0.25, 0.3) is 0 Å². The molecular weight excluding hydrogens is 234 g/mol. The molecule has 1 aromatic rings. The van der Waals surface area contributed by atoms with Gasteiger partial charge in [0.1, 0.15) is 5.82 Å². The number of hydrogen-bond acceptors (Lipinski definition) is 5. The Morgan fingerprint density at radius 2 is 2.33 bits per heavy atom. The van der Waals surface area contributed by atoms with E-state index in [1.807, 2.05) is 18.7 Å². The smallest absolute Gasteiger partial charge is 0.337 e. The van der Waals surface area contributed by atoms with Crippen LogP contribution in [-0.4, -0.2) is 41.4 Å². The summed E-state index contributed by atoms with van der Waals surface area (Å²) >= 11 is 0. The Balaban J connectivity index is 2.28. The first-order valence-corrected chi connectivity index (χ1v) is 5.77. The van der Waals surface area contributed by atoms with Crippen LogP contribution in [0.5, 0.6) is 0 Å². The quantitative estimate of drug-likeness (QED) is 0.814. The molecular formula is C12H17N3O3. The summed E-state index contributed by atoms with van der Waals surface area (Å²) in [6, 6.07) is 1.51. The third-order valence-electron chi connectivity index (χ3n) is 2.90. The van der Waals surface area contributed by atoms with Crippen LogP contribution in [0.1, 0.15) is 24.2 Å². The maximum Gasteiger partial charge on any atom is 0.337 e. The highest BCUT2D eigenvalue weighted by molar-refractivity contribution is 5.94. The number of carbonyl (C=O) groups is 1. The largest absolute Gasteiger partial charge is 0.478 e. The number of ether oxygens (including phenoxy) is 1. The van der Waals surface area contributed by atoms with Gasteiger partial charge in [0, 0.05) is 13.1 Å². The second kappa shape index (κ2) is 4.45. The van der Waals surface area contributed by atoms with E-state index in [0.717, 1.165) is 0 Å². The van der Waals surface area contributed by atoms with Gasteiger partial charge in [0.2, 0.25) is 0 Å². The molecule has 0 aromatic carbocycles. The van der Waals surface area contributed by atoms with Gasteiger partial charge in [0.05, 0.1) is 29.7 Å². The van der Waals surface area contributed by atoms with E-state index in [4.69, 9.17) is 15.6 Å². The van der Waals surface area contributed by atoms with Crippen molar-refractivity contribution in [1.82, 2.24) is 4.98 Å². The van der Waals surface area contributed by atoms with Gasteiger partial charge < -0.3 is 20.5 Å². The molecule has 2 heterocycles. The van der Waals surface area contributed by atoms with Gasteiger partial charge in [-0.05, 0) is 19.9 Å². The number of pyridine rings is 1. The molecule has 0 atom stereocenters. The zero-order valence-electron chi connectivity index (χ0n) is 10.5. The standard InChI is InChI=1S/C12H17N3O3/c1-12(2)7-15(3-4-18-12)10-5-8(11(16)17)9(13)6-14-10/h5-6H,3-4,7,13H2,1-2H3,(H,16,17). The highest BCUT2D eigenvalue weighted by Crippen LogP contribution is 2.23. The Labute approximate surface area is 105 Å². The lowest BCUT2D eigenvalue weighted by atomic mass is 10.1. The van der Waals surface area contributed by atoms with Gasteiger partial charge in [-0.25, -0.2) is 9.78 Å². The number of hydrogen-bond donors (Lipinski definition) is 2. The van der Waals surface area contributed by atoms with Crippen molar-refractivity contribution in [3.8, 4) is 0 Å². The molecule has 6 nitrogen and oxygen atoms in total. The molecule has 1 saturated heterocycles. The van der Waals surface area contributed by atoms with Crippen LogP contribution in [0, 0.1) is 0 Å². The third kappa shape index (κ3) is 2.53. The molecule has 0 unspecified atom stereocenters. The fourth-order valence-corrected chi connectivity index (χ4v) is 2.03. The molecule has 0 bridgehead atoms. The predicted molar refractivity (Wildman–Crippen MR) is 67.9 cm³/mol. The van der Waals surface area contributed by atoms with Crippen LogP contribution in [0.15, 0.2) is 12.3 Å². The summed E-state index contributed by atoms with van der Waals surface area (Å²) in [5.41, 5.74) is 5.59. The Hall–Kier alpha value is -1.82. The summed E-state index contributed by atoms with van der Waals surface area (Å²) in [7, 11) is 0. The molecule has 1 aliphatic heterocycles. The molecule has 18 heavy (non-hydrogen) atoms. The van der Waals surface area contributed by atoms with Crippen LogP contribution < -0.4 is 10.6 Å². The molecule has 0 amide bonds. The first-order valence-electron chi connectivity index (χ1n) is 5.77. The van der Waals surface area contributed by atoms with Crippen LogP contribution in [0.25, 0.3) is 0 Å². The van der Waals surface area contributed by atoms with Crippen molar-refractivity contribution < 1.29 is 14.6 Å². The van der Waals surface area contributed by atoms with Gasteiger partial charge >= 0.3 is 5.97 Å². The minimum atomic E-state index is -1.04. The van der Waals surface area contributed by atoms with E-state index in [-0.39, 0.29) is 16.9 Å². The molecule has 1 aromatic heterocycles. The van der Waals surface area contributed by atoms with E-state index >= 15 is 0 Å². The second-order valence-corrected chi connectivity index (χ2v) is 4.96. The van der Waals surface area contributed by atoms with E-state index in [0.29, 0.717) is 25.5 Å². The van der Waals surface area contributed by atoms with E-state index in [2.05, 4.69) is 4.98 Å². The summed E-state index contributed by atoms with van der Waals surface area (Å²) in [5, 5.41) is 9.04. The lowest BCUT2D eigenvalue weighted by molar-refractivity contribution is -0.0279. The summed E-state index contributed by atoms with van der Waals surface area (Å²) in [5.74, 6) is -0.415. The van der Waals surface area contributed by atoms with Gasteiger partial charge in [0.15, 0.2) is 0 Å². The topological polar surface area (TPSA) is 88.7 Å². The maximum atomic E-state index is 11.0. The van der Waals surface area contributed by atoms with Gasteiger partial charge in [-0.1, -0.05) is 0 Å². The minimum Gasteiger partial charge on any atom is -0.478 e. The summed E-state index contributed by atoms with van der Waals surface area (Å²) in [6.45, 7) is 5.95. The van der Waals surface area contributed by atoms with Crippen molar-refractivity contribution in [2.75, 3.05) is 30.3 Å². The molecule has 0 spiro atoms. The highest BCUT2D eigenvalue weighted by atomic mass is 16.5. The molecule has 1 fully saturated rings. The summed E-state index contributed by atoms with van der Waals surface area (Å²) < 4.78 is 5.61. The van der Waals surface area contributed by atoms with Crippen molar-refractivity contribution in [3.05, 3.63) is 17.8 Å². The second-order valence-electron chi connectivity index (χ2n) is 4.96. The number of morpholine rings is 1.